The summed E-state index contributed by atoms with van der Waals surface area (Å²) < 4.78 is 2.45. The van der Waals surface area contributed by atoms with Crippen molar-refractivity contribution in [2.75, 3.05) is 0 Å². The largest absolute Gasteiger partial charge is 0.309 e. The zero-order chi connectivity index (χ0) is 23.8. The van der Waals surface area contributed by atoms with E-state index < -0.39 is 0 Å². The zero-order valence-corrected chi connectivity index (χ0v) is 21.8. The van der Waals surface area contributed by atoms with Gasteiger partial charge < -0.3 is 4.57 Å². The lowest BCUT2D eigenvalue weighted by Gasteiger charge is -2.19. The van der Waals surface area contributed by atoms with Crippen molar-refractivity contribution in [2.24, 2.45) is 0 Å². The number of aryl methyl sites for hydroxylation is 1. The van der Waals surface area contributed by atoms with E-state index in [0.29, 0.717) is 0 Å². The average Bonchev–Trinajstić information content (AvgIpc) is 3.09. The smallest absolute Gasteiger partial charge is 0.0541 e. The summed E-state index contributed by atoms with van der Waals surface area (Å²) in [4.78, 5) is 0. The lowest BCUT2D eigenvalue weighted by molar-refractivity contribution is 0.590. The fraction of sp³-hybridized carbons (Fsp3) is 0.438. The van der Waals surface area contributed by atoms with Crippen molar-refractivity contribution in [1.29, 1.82) is 0 Å². The highest BCUT2D eigenvalue weighted by Crippen LogP contribution is 2.37. The summed E-state index contributed by atoms with van der Waals surface area (Å²) in [5.41, 5.74) is 8.31. The summed E-state index contributed by atoms with van der Waals surface area (Å²) in [5, 5.41) is 2.71. The predicted octanol–water partition coefficient (Wildman–Crippen LogP) is 9.50. The second-order valence-electron chi connectivity index (χ2n) is 11.8. The quantitative estimate of drug-likeness (QED) is 0.264. The third-order valence-corrected chi connectivity index (χ3v) is 7.01. The van der Waals surface area contributed by atoms with Gasteiger partial charge in [0.05, 0.1) is 11.0 Å². The molecule has 0 aliphatic heterocycles. The first kappa shape index (κ1) is 23.6. The molecule has 0 unspecified atom stereocenters. The number of rotatable bonds is 6. The van der Waals surface area contributed by atoms with Gasteiger partial charge in [-0.25, -0.2) is 0 Å². The van der Waals surface area contributed by atoms with E-state index in [-0.39, 0.29) is 10.8 Å². The SMILES string of the molecule is CCCCCCc1ccc(-n2c3ccc(C(C)(C)C)cc3c3cc(C(C)(C)C)ccc32)cc1. The van der Waals surface area contributed by atoms with Crippen LogP contribution in [0.3, 0.4) is 0 Å². The van der Waals surface area contributed by atoms with Crippen LogP contribution in [-0.4, -0.2) is 4.57 Å². The van der Waals surface area contributed by atoms with Gasteiger partial charge in [0.2, 0.25) is 0 Å². The summed E-state index contributed by atoms with van der Waals surface area (Å²) in [6, 6.07) is 23.4. The van der Waals surface area contributed by atoms with Crippen LogP contribution >= 0.6 is 0 Å². The third-order valence-electron chi connectivity index (χ3n) is 7.01. The molecule has 0 saturated carbocycles. The maximum absolute atomic E-state index is 2.45. The van der Waals surface area contributed by atoms with Gasteiger partial charge in [-0.2, -0.15) is 0 Å². The highest BCUT2D eigenvalue weighted by Gasteiger charge is 2.20. The van der Waals surface area contributed by atoms with Crippen molar-refractivity contribution in [3.05, 3.63) is 77.4 Å². The normalized spacial score (nSPS) is 12.7. The molecule has 3 aromatic carbocycles. The standard InChI is InChI=1S/C32H41N/c1-8-9-10-11-12-23-13-17-26(18-14-23)33-29-19-15-24(31(2,3)4)21-27(29)28-22-25(32(5,6)7)16-20-30(28)33/h13-22H,8-12H2,1-7H3. The molecule has 33 heavy (non-hydrogen) atoms. The van der Waals surface area contributed by atoms with Gasteiger partial charge in [-0.1, -0.05) is 92.0 Å². The second kappa shape index (κ2) is 9.01. The summed E-state index contributed by atoms with van der Waals surface area (Å²) in [6.07, 6.45) is 6.43. The maximum Gasteiger partial charge on any atom is 0.0541 e. The van der Waals surface area contributed by atoms with Crippen LogP contribution < -0.4 is 0 Å². The molecular weight excluding hydrogens is 398 g/mol. The Morgan fingerprint density at radius 1 is 0.606 bits per heavy atom. The van der Waals surface area contributed by atoms with Gasteiger partial charge in [0.25, 0.3) is 0 Å². The Kier molecular flexibility index (Phi) is 6.45. The molecule has 4 aromatic rings. The molecule has 0 bridgehead atoms. The first-order chi connectivity index (χ1) is 15.6. The van der Waals surface area contributed by atoms with E-state index in [1.807, 2.05) is 0 Å². The first-order valence-corrected chi connectivity index (χ1v) is 12.8. The Bertz CT molecular complexity index is 1170. The number of hydrogen-bond acceptors (Lipinski definition) is 0. The van der Waals surface area contributed by atoms with Crippen LogP contribution in [0.1, 0.15) is 90.8 Å². The number of aromatic nitrogens is 1. The molecule has 1 aromatic heterocycles. The van der Waals surface area contributed by atoms with Crippen LogP contribution in [-0.2, 0) is 17.3 Å². The van der Waals surface area contributed by atoms with E-state index >= 15 is 0 Å². The van der Waals surface area contributed by atoms with Crippen LogP contribution in [0.5, 0.6) is 0 Å². The van der Waals surface area contributed by atoms with Gasteiger partial charge in [-0.05, 0) is 76.8 Å². The van der Waals surface area contributed by atoms with Gasteiger partial charge in [-0.3, -0.25) is 0 Å². The minimum absolute atomic E-state index is 0.129. The van der Waals surface area contributed by atoms with Crippen molar-refractivity contribution in [3.8, 4) is 5.69 Å². The monoisotopic (exact) mass is 439 g/mol. The van der Waals surface area contributed by atoms with E-state index in [1.165, 1.54) is 76.3 Å². The van der Waals surface area contributed by atoms with E-state index in [1.54, 1.807) is 0 Å². The maximum atomic E-state index is 2.45. The fourth-order valence-corrected chi connectivity index (χ4v) is 4.80. The van der Waals surface area contributed by atoms with Crippen LogP contribution in [0.2, 0.25) is 0 Å². The molecule has 0 aliphatic carbocycles. The lowest BCUT2D eigenvalue weighted by atomic mass is 9.85. The Morgan fingerprint density at radius 2 is 1.12 bits per heavy atom. The van der Waals surface area contributed by atoms with Crippen molar-refractivity contribution < 1.29 is 0 Å². The van der Waals surface area contributed by atoms with E-state index in [0.717, 1.165) is 0 Å². The van der Waals surface area contributed by atoms with Crippen LogP contribution in [0.25, 0.3) is 27.5 Å². The molecule has 4 rings (SSSR count). The molecule has 0 radical (unpaired) electrons. The molecule has 0 N–H and O–H groups in total. The van der Waals surface area contributed by atoms with E-state index in [9.17, 15) is 0 Å². The van der Waals surface area contributed by atoms with Crippen molar-refractivity contribution in [1.82, 2.24) is 4.57 Å². The molecule has 0 spiro atoms. The third kappa shape index (κ3) is 4.88. The average molecular weight is 440 g/mol. The molecule has 0 saturated heterocycles. The Morgan fingerprint density at radius 3 is 1.58 bits per heavy atom. The first-order valence-electron chi connectivity index (χ1n) is 12.8. The van der Waals surface area contributed by atoms with Gasteiger partial charge in [-0.15, -0.1) is 0 Å². The molecule has 0 atom stereocenters. The number of hydrogen-bond donors (Lipinski definition) is 0. The van der Waals surface area contributed by atoms with Crippen molar-refractivity contribution >= 4 is 21.8 Å². The molecule has 1 heterocycles. The number of benzene rings is 3. The van der Waals surface area contributed by atoms with Gasteiger partial charge in [0.15, 0.2) is 0 Å². The lowest BCUT2D eigenvalue weighted by Crippen LogP contribution is -2.10. The van der Waals surface area contributed by atoms with Crippen LogP contribution in [0, 0.1) is 0 Å². The molecular formula is C32H41N. The molecule has 174 valence electrons. The molecule has 0 fully saturated rings. The van der Waals surface area contributed by atoms with Gasteiger partial charge in [0, 0.05) is 16.5 Å². The van der Waals surface area contributed by atoms with Gasteiger partial charge in [0.1, 0.15) is 0 Å². The Labute approximate surface area is 200 Å². The van der Waals surface area contributed by atoms with Crippen molar-refractivity contribution in [3.63, 3.8) is 0 Å². The highest BCUT2D eigenvalue weighted by atomic mass is 15.0. The summed E-state index contributed by atoms with van der Waals surface area (Å²) in [6.45, 7) is 16.1. The predicted molar refractivity (Wildman–Crippen MR) is 146 cm³/mol. The fourth-order valence-electron chi connectivity index (χ4n) is 4.80. The topological polar surface area (TPSA) is 4.93 Å². The molecule has 0 amide bonds. The van der Waals surface area contributed by atoms with Crippen molar-refractivity contribution in [2.45, 2.75) is 91.4 Å². The Balaban J connectivity index is 1.85. The number of fused-ring (bicyclic) bond motifs is 3. The summed E-state index contributed by atoms with van der Waals surface area (Å²) in [7, 11) is 0. The van der Waals surface area contributed by atoms with Crippen LogP contribution in [0.15, 0.2) is 60.7 Å². The minimum atomic E-state index is 0.129. The summed E-state index contributed by atoms with van der Waals surface area (Å²) >= 11 is 0. The molecule has 0 aliphatic rings. The zero-order valence-electron chi connectivity index (χ0n) is 21.8. The number of unbranched alkanes of at least 4 members (excludes halogenated alkanes) is 3. The summed E-state index contributed by atoms with van der Waals surface area (Å²) in [5.74, 6) is 0. The Hall–Kier alpha value is -2.54. The van der Waals surface area contributed by atoms with E-state index in [2.05, 4.69) is 114 Å². The van der Waals surface area contributed by atoms with E-state index in [4.69, 9.17) is 0 Å². The van der Waals surface area contributed by atoms with Crippen LogP contribution in [0.4, 0.5) is 0 Å². The van der Waals surface area contributed by atoms with Gasteiger partial charge >= 0.3 is 0 Å². The molecule has 1 heteroatoms. The molecule has 1 nitrogen and oxygen atoms in total. The number of nitrogens with zero attached hydrogens (tertiary/aromatic N) is 1. The minimum Gasteiger partial charge on any atom is -0.309 e. The highest BCUT2D eigenvalue weighted by molar-refractivity contribution is 6.09. The second-order valence-corrected chi connectivity index (χ2v) is 11.8.